The number of unbranched alkanes of at least 4 members (excludes halogenated alkanes) is 1. The van der Waals surface area contributed by atoms with Crippen LogP contribution in [-0.2, 0) is 4.79 Å². The molecule has 2 rings (SSSR count). The summed E-state index contributed by atoms with van der Waals surface area (Å²) in [5, 5.41) is 31.0. The molecule has 1 fully saturated rings. The predicted molar refractivity (Wildman–Crippen MR) is 119 cm³/mol. The molecule has 5 nitrogen and oxygen atoms in total. The van der Waals surface area contributed by atoms with Crippen molar-refractivity contribution in [3.05, 3.63) is 12.2 Å². The molecule has 1 aliphatic carbocycles. The van der Waals surface area contributed by atoms with Crippen LogP contribution in [0.25, 0.3) is 0 Å². The van der Waals surface area contributed by atoms with Crippen molar-refractivity contribution in [1.82, 2.24) is 0 Å². The van der Waals surface area contributed by atoms with Gasteiger partial charge in [-0.1, -0.05) is 51.7 Å². The number of carboxylic acids is 1. The Morgan fingerprint density at radius 3 is 2.83 bits per heavy atom. The first-order valence-electron chi connectivity index (χ1n) is 10.6. The lowest BCUT2D eigenvalue weighted by Gasteiger charge is -2.29. The van der Waals surface area contributed by atoms with Crippen molar-refractivity contribution in [2.75, 3.05) is 5.75 Å². The van der Waals surface area contributed by atoms with Crippen molar-refractivity contribution in [2.24, 2.45) is 22.2 Å². The number of hydrogen-bond acceptors (Lipinski definition) is 5. The van der Waals surface area contributed by atoms with Crippen LogP contribution in [0.1, 0.15) is 65.7 Å². The molecule has 3 N–H and O–H groups in total. The number of terminal acetylenes is 1. The average molecular weight is 422 g/mol. The summed E-state index contributed by atoms with van der Waals surface area (Å²) in [6.07, 6.45) is 13.5. The van der Waals surface area contributed by atoms with Crippen LogP contribution in [0.5, 0.6) is 0 Å². The van der Waals surface area contributed by atoms with Crippen LogP contribution in [0.3, 0.4) is 0 Å². The van der Waals surface area contributed by atoms with Crippen LogP contribution in [0.2, 0.25) is 0 Å². The van der Waals surface area contributed by atoms with Crippen molar-refractivity contribution in [3.63, 3.8) is 0 Å². The van der Waals surface area contributed by atoms with E-state index in [4.69, 9.17) is 16.5 Å². The van der Waals surface area contributed by atoms with Gasteiger partial charge >= 0.3 is 5.97 Å². The summed E-state index contributed by atoms with van der Waals surface area (Å²) >= 11 is 1.57. The van der Waals surface area contributed by atoms with Gasteiger partial charge in [-0.05, 0) is 24.0 Å². The smallest absolute Gasteiger partial charge is 0.303 e. The quantitative estimate of drug-likeness (QED) is 0.283. The molecular formula is C23H35NO4S. The molecule has 0 aromatic carbocycles. The van der Waals surface area contributed by atoms with Crippen molar-refractivity contribution in [3.8, 4) is 12.3 Å². The molecular weight excluding hydrogens is 386 g/mol. The van der Waals surface area contributed by atoms with E-state index in [0.29, 0.717) is 25.0 Å². The maximum atomic E-state index is 10.7. The van der Waals surface area contributed by atoms with E-state index in [9.17, 15) is 15.0 Å². The Hall–Kier alpha value is -1.29. The fourth-order valence-corrected chi connectivity index (χ4v) is 5.37. The predicted octanol–water partition coefficient (Wildman–Crippen LogP) is 3.89. The molecule has 0 aromatic heterocycles. The molecule has 5 unspecified atom stereocenters. The van der Waals surface area contributed by atoms with Gasteiger partial charge in [-0.3, -0.25) is 9.79 Å². The zero-order valence-electron chi connectivity index (χ0n) is 17.8. The molecule has 1 aliphatic heterocycles. The third-order valence-electron chi connectivity index (χ3n) is 6.31. The van der Waals surface area contributed by atoms with Crippen LogP contribution in [0, 0.1) is 29.6 Å². The second-order valence-corrected chi connectivity index (χ2v) is 10.2. The van der Waals surface area contributed by atoms with Crippen LogP contribution in [-0.4, -0.2) is 49.8 Å². The second kappa shape index (κ2) is 10.1. The number of thioether (sulfide) groups is 1. The number of aliphatic hydroxyl groups excluding tert-OH is 2. The SMILES string of the molecule is C#CC12CC(O)C(/C=C/C(O)C(C)(C)CCCC)C1CC(SCCCC(=O)O)=N2. The van der Waals surface area contributed by atoms with E-state index in [1.54, 1.807) is 11.8 Å². The number of aliphatic hydroxyl groups is 2. The topological polar surface area (TPSA) is 90.1 Å². The lowest BCUT2D eigenvalue weighted by atomic mass is 9.80. The molecule has 0 radical (unpaired) electrons. The minimum absolute atomic E-state index is 0.0201. The molecule has 162 valence electrons. The fourth-order valence-electron chi connectivity index (χ4n) is 4.32. The first kappa shape index (κ1) is 24.0. The highest BCUT2D eigenvalue weighted by Crippen LogP contribution is 2.50. The number of fused-ring (bicyclic) bond motifs is 1. The highest BCUT2D eigenvalue weighted by atomic mass is 32.2. The Kier molecular flexibility index (Phi) is 8.39. The summed E-state index contributed by atoms with van der Waals surface area (Å²) in [7, 11) is 0. The van der Waals surface area contributed by atoms with Gasteiger partial charge in [0.1, 0.15) is 5.54 Å². The molecule has 2 aliphatic rings. The summed E-state index contributed by atoms with van der Waals surface area (Å²) in [6, 6.07) is 0. The fraction of sp³-hybridized carbons (Fsp3) is 0.739. The summed E-state index contributed by atoms with van der Waals surface area (Å²) in [5.41, 5.74) is -0.900. The van der Waals surface area contributed by atoms with Gasteiger partial charge < -0.3 is 15.3 Å². The molecule has 29 heavy (non-hydrogen) atoms. The summed E-state index contributed by atoms with van der Waals surface area (Å²) in [4.78, 5) is 15.4. The van der Waals surface area contributed by atoms with Gasteiger partial charge in [0.25, 0.3) is 0 Å². The molecule has 0 bridgehead atoms. The zero-order chi connectivity index (χ0) is 21.7. The highest BCUT2D eigenvalue weighted by molar-refractivity contribution is 8.13. The Bertz CT molecular complexity index is 681. The van der Waals surface area contributed by atoms with Crippen molar-refractivity contribution < 1.29 is 20.1 Å². The lowest BCUT2D eigenvalue weighted by Crippen LogP contribution is -2.29. The molecule has 6 heteroatoms. The normalized spacial score (nSPS) is 30.2. The standard InChI is InChI=1S/C23H35NO4S/c1-5-7-12-22(3,4)19(26)11-10-16-17-14-20(29-13-8-9-21(27)28)24-23(17,6-2)15-18(16)25/h2,10-11,16-19,25-26H,5,7-9,12-15H2,1,3-4H3,(H,27,28)/b11-10+. The number of aliphatic carboxylic acids is 1. The number of hydrogen-bond donors (Lipinski definition) is 3. The minimum atomic E-state index is -0.787. The van der Waals surface area contributed by atoms with Gasteiger partial charge in [0, 0.05) is 31.1 Å². The molecule has 0 amide bonds. The number of carboxylic acid groups (broad SMARTS) is 1. The van der Waals surface area contributed by atoms with Crippen molar-refractivity contribution >= 4 is 22.8 Å². The van der Waals surface area contributed by atoms with Crippen LogP contribution in [0.15, 0.2) is 17.1 Å². The van der Waals surface area contributed by atoms with Gasteiger partial charge in [0.2, 0.25) is 0 Å². The first-order chi connectivity index (χ1) is 13.6. The molecule has 5 atom stereocenters. The number of rotatable bonds is 10. The van der Waals surface area contributed by atoms with Gasteiger partial charge in [-0.15, -0.1) is 18.2 Å². The third kappa shape index (κ3) is 5.87. The van der Waals surface area contributed by atoms with Crippen LogP contribution >= 0.6 is 11.8 Å². The summed E-state index contributed by atoms with van der Waals surface area (Å²) in [5.74, 6) is 2.63. The van der Waals surface area contributed by atoms with E-state index in [-0.39, 0.29) is 23.7 Å². The first-order valence-corrected chi connectivity index (χ1v) is 11.6. The lowest BCUT2D eigenvalue weighted by molar-refractivity contribution is -0.137. The van der Waals surface area contributed by atoms with Crippen LogP contribution in [0.4, 0.5) is 0 Å². The van der Waals surface area contributed by atoms with Gasteiger partial charge in [0.05, 0.1) is 17.3 Å². The highest BCUT2D eigenvalue weighted by Gasteiger charge is 2.55. The largest absolute Gasteiger partial charge is 0.481 e. The molecule has 0 saturated heterocycles. The third-order valence-corrected chi connectivity index (χ3v) is 7.39. The Balaban J connectivity index is 2.03. The maximum absolute atomic E-state index is 10.7. The maximum Gasteiger partial charge on any atom is 0.303 e. The van der Waals surface area contributed by atoms with Gasteiger partial charge in [-0.25, -0.2) is 0 Å². The van der Waals surface area contributed by atoms with Crippen LogP contribution < -0.4 is 0 Å². The minimum Gasteiger partial charge on any atom is -0.481 e. The van der Waals surface area contributed by atoms with Crippen molar-refractivity contribution in [1.29, 1.82) is 0 Å². The van der Waals surface area contributed by atoms with E-state index in [1.807, 2.05) is 12.2 Å². The van der Waals surface area contributed by atoms with E-state index in [0.717, 1.165) is 24.3 Å². The monoisotopic (exact) mass is 421 g/mol. The molecule has 1 heterocycles. The number of nitrogens with zero attached hydrogens (tertiary/aromatic N) is 1. The molecule has 0 aromatic rings. The van der Waals surface area contributed by atoms with E-state index >= 15 is 0 Å². The van der Waals surface area contributed by atoms with E-state index < -0.39 is 23.7 Å². The Morgan fingerprint density at radius 1 is 1.48 bits per heavy atom. The molecule has 0 spiro atoms. The van der Waals surface area contributed by atoms with Gasteiger partial charge in [0.15, 0.2) is 0 Å². The molecule has 1 saturated carbocycles. The van der Waals surface area contributed by atoms with E-state index in [2.05, 4.69) is 26.7 Å². The van der Waals surface area contributed by atoms with Crippen molar-refractivity contribution in [2.45, 2.75) is 83.5 Å². The number of aliphatic imine (C=N–C) groups is 1. The van der Waals surface area contributed by atoms with Gasteiger partial charge in [-0.2, -0.15) is 0 Å². The summed E-state index contributed by atoms with van der Waals surface area (Å²) < 4.78 is 0. The average Bonchev–Trinajstić information content (AvgIpc) is 3.13. The summed E-state index contributed by atoms with van der Waals surface area (Å²) in [6.45, 7) is 6.28. The number of carbonyl (C=O) groups is 1. The second-order valence-electron chi connectivity index (χ2n) is 9.00. The Labute approximate surface area is 179 Å². The Morgan fingerprint density at radius 2 is 2.21 bits per heavy atom. The zero-order valence-corrected chi connectivity index (χ0v) is 18.6. The van der Waals surface area contributed by atoms with E-state index in [1.165, 1.54) is 0 Å².